The minimum atomic E-state index is 0.537. The van der Waals surface area contributed by atoms with E-state index in [1.54, 1.807) is 0 Å². The molecule has 1 atom stereocenters. The van der Waals surface area contributed by atoms with Gasteiger partial charge in [0.25, 0.3) is 0 Å². The number of aromatic nitrogens is 1. The zero-order valence-electron chi connectivity index (χ0n) is 14.1. The molecule has 0 saturated carbocycles. The van der Waals surface area contributed by atoms with Gasteiger partial charge in [0.2, 0.25) is 0 Å². The number of hydrogen-bond acceptors (Lipinski definition) is 4. The lowest BCUT2D eigenvalue weighted by molar-refractivity contribution is 0.186. The maximum absolute atomic E-state index is 4.86. The molecule has 1 aliphatic heterocycles. The van der Waals surface area contributed by atoms with E-state index in [1.807, 2.05) is 11.3 Å². The van der Waals surface area contributed by atoms with Crippen LogP contribution in [0.2, 0.25) is 0 Å². The van der Waals surface area contributed by atoms with Crippen molar-refractivity contribution in [2.45, 2.75) is 66.0 Å². The zero-order valence-corrected chi connectivity index (χ0v) is 14.9. The van der Waals surface area contributed by atoms with Crippen LogP contribution >= 0.6 is 11.3 Å². The summed E-state index contributed by atoms with van der Waals surface area (Å²) in [5.41, 5.74) is 1.30. The molecule has 1 fully saturated rings. The highest BCUT2D eigenvalue weighted by molar-refractivity contribution is 7.11. The average molecular weight is 310 g/mol. The van der Waals surface area contributed by atoms with E-state index in [0.29, 0.717) is 6.04 Å². The molecule has 4 heteroatoms. The van der Waals surface area contributed by atoms with E-state index in [0.717, 1.165) is 25.3 Å². The van der Waals surface area contributed by atoms with E-state index < -0.39 is 0 Å². The van der Waals surface area contributed by atoms with Crippen LogP contribution in [0.15, 0.2) is 0 Å². The SMILES string of the molecule is CCc1nc(CCN2CCCC(C)C2)sc1CNC(C)C. The van der Waals surface area contributed by atoms with Gasteiger partial charge < -0.3 is 10.2 Å². The van der Waals surface area contributed by atoms with Gasteiger partial charge in [-0.05, 0) is 31.7 Å². The third kappa shape index (κ3) is 5.35. The molecule has 3 nitrogen and oxygen atoms in total. The number of piperidine rings is 1. The van der Waals surface area contributed by atoms with Crippen molar-refractivity contribution < 1.29 is 0 Å². The Labute approximate surface area is 134 Å². The summed E-state index contributed by atoms with van der Waals surface area (Å²) in [6.07, 6.45) is 4.93. The Morgan fingerprint density at radius 1 is 1.43 bits per heavy atom. The van der Waals surface area contributed by atoms with Crippen molar-refractivity contribution in [1.82, 2.24) is 15.2 Å². The first-order chi connectivity index (χ1) is 10.1. The second kappa shape index (κ2) is 8.25. The van der Waals surface area contributed by atoms with Crippen molar-refractivity contribution in [1.29, 1.82) is 0 Å². The lowest BCUT2D eigenvalue weighted by Crippen LogP contribution is -2.35. The Morgan fingerprint density at radius 3 is 2.90 bits per heavy atom. The largest absolute Gasteiger partial charge is 0.310 e. The third-order valence-electron chi connectivity index (χ3n) is 4.21. The summed E-state index contributed by atoms with van der Waals surface area (Å²) in [6, 6.07) is 0.537. The molecular formula is C17H31N3S. The highest BCUT2D eigenvalue weighted by Crippen LogP contribution is 2.21. The first-order valence-electron chi connectivity index (χ1n) is 8.51. The van der Waals surface area contributed by atoms with Gasteiger partial charge in [0, 0.05) is 37.0 Å². The number of rotatable bonds is 7. The molecule has 0 amide bonds. The fourth-order valence-electron chi connectivity index (χ4n) is 3.00. The highest BCUT2D eigenvalue weighted by atomic mass is 32.1. The molecule has 21 heavy (non-hydrogen) atoms. The molecule has 0 aromatic carbocycles. The Morgan fingerprint density at radius 2 is 2.24 bits per heavy atom. The molecule has 2 heterocycles. The maximum Gasteiger partial charge on any atom is 0.0944 e. The van der Waals surface area contributed by atoms with Crippen molar-refractivity contribution in [3.63, 3.8) is 0 Å². The number of likely N-dealkylation sites (tertiary alicyclic amines) is 1. The fourth-order valence-corrected chi connectivity index (χ4v) is 4.10. The Bertz CT molecular complexity index is 428. The van der Waals surface area contributed by atoms with Crippen LogP contribution in [0.1, 0.15) is 56.1 Å². The summed E-state index contributed by atoms with van der Waals surface area (Å²) < 4.78 is 0. The zero-order chi connectivity index (χ0) is 15.2. The molecule has 0 bridgehead atoms. The second-order valence-electron chi connectivity index (χ2n) is 6.66. The van der Waals surface area contributed by atoms with Gasteiger partial charge in [-0.1, -0.05) is 27.7 Å². The molecule has 0 aliphatic carbocycles. The Hall–Kier alpha value is -0.450. The molecule has 0 spiro atoms. The van der Waals surface area contributed by atoms with E-state index in [9.17, 15) is 0 Å². The van der Waals surface area contributed by atoms with Gasteiger partial charge in [-0.15, -0.1) is 11.3 Å². The van der Waals surface area contributed by atoms with Crippen LogP contribution in [0.3, 0.4) is 0 Å². The molecule has 120 valence electrons. The monoisotopic (exact) mass is 309 g/mol. The van der Waals surface area contributed by atoms with Crippen molar-refractivity contribution in [3.05, 3.63) is 15.6 Å². The first-order valence-corrected chi connectivity index (χ1v) is 9.33. The number of nitrogens with zero attached hydrogens (tertiary/aromatic N) is 2. The van der Waals surface area contributed by atoms with Gasteiger partial charge in [-0.2, -0.15) is 0 Å². The normalized spacial score (nSPS) is 20.3. The fraction of sp³-hybridized carbons (Fsp3) is 0.824. The Kier molecular flexibility index (Phi) is 6.65. The molecule has 1 saturated heterocycles. The summed E-state index contributed by atoms with van der Waals surface area (Å²) >= 11 is 1.92. The summed E-state index contributed by atoms with van der Waals surface area (Å²) in [5, 5.41) is 4.85. The molecule has 1 unspecified atom stereocenters. The second-order valence-corrected chi connectivity index (χ2v) is 7.83. The standard InChI is InChI=1S/C17H31N3S/c1-5-15-16(11-18-13(2)3)21-17(19-15)8-10-20-9-6-7-14(4)12-20/h13-14,18H,5-12H2,1-4H3. The number of thiazole rings is 1. The van der Waals surface area contributed by atoms with E-state index in [2.05, 4.69) is 37.9 Å². The van der Waals surface area contributed by atoms with Crippen LogP contribution in [-0.4, -0.2) is 35.6 Å². The maximum atomic E-state index is 4.86. The highest BCUT2D eigenvalue weighted by Gasteiger charge is 2.17. The van der Waals surface area contributed by atoms with Gasteiger partial charge in [-0.3, -0.25) is 0 Å². The van der Waals surface area contributed by atoms with E-state index >= 15 is 0 Å². The summed E-state index contributed by atoms with van der Waals surface area (Å²) in [7, 11) is 0. The van der Waals surface area contributed by atoms with Crippen molar-refractivity contribution >= 4 is 11.3 Å². The van der Waals surface area contributed by atoms with Crippen molar-refractivity contribution in [2.75, 3.05) is 19.6 Å². The molecule has 1 N–H and O–H groups in total. The smallest absolute Gasteiger partial charge is 0.0944 e. The number of aryl methyl sites for hydroxylation is 1. The molecular weight excluding hydrogens is 278 g/mol. The van der Waals surface area contributed by atoms with E-state index in [-0.39, 0.29) is 0 Å². The average Bonchev–Trinajstić information content (AvgIpc) is 2.85. The predicted octanol–water partition coefficient (Wildman–Crippen LogP) is 3.48. The third-order valence-corrected chi connectivity index (χ3v) is 5.37. The van der Waals surface area contributed by atoms with E-state index in [4.69, 9.17) is 4.98 Å². The Balaban J connectivity index is 1.87. The van der Waals surface area contributed by atoms with Crippen LogP contribution in [0, 0.1) is 5.92 Å². The van der Waals surface area contributed by atoms with Crippen molar-refractivity contribution in [2.24, 2.45) is 5.92 Å². The van der Waals surface area contributed by atoms with Gasteiger partial charge in [0.05, 0.1) is 10.7 Å². The van der Waals surface area contributed by atoms with Gasteiger partial charge in [-0.25, -0.2) is 4.98 Å². The van der Waals surface area contributed by atoms with Crippen LogP contribution in [-0.2, 0) is 19.4 Å². The first kappa shape index (κ1) is 16.9. The quantitative estimate of drug-likeness (QED) is 0.836. The summed E-state index contributed by atoms with van der Waals surface area (Å²) in [5.74, 6) is 0.868. The van der Waals surface area contributed by atoms with E-state index in [1.165, 1.54) is 48.1 Å². The molecule has 1 aromatic heterocycles. The van der Waals surface area contributed by atoms with Crippen LogP contribution in [0.4, 0.5) is 0 Å². The lowest BCUT2D eigenvalue weighted by Gasteiger charge is -2.30. The lowest BCUT2D eigenvalue weighted by atomic mass is 10.0. The van der Waals surface area contributed by atoms with Gasteiger partial charge in [0.1, 0.15) is 0 Å². The van der Waals surface area contributed by atoms with Gasteiger partial charge in [0.15, 0.2) is 0 Å². The summed E-state index contributed by atoms with van der Waals surface area (Å²) in [4.78, 5) is 8.92. The molecule has 0 radical (unpaired) electrons. The van der Waals surface area contributed by atoms with Crippen LogP contribution in [0.5, 0.6) is 0 Å². The summed E-state index contributed by atoms with van der Waals surface area (Å²) in [6.45, 7) is 13.7. The molecule has 1 aromatic rings. The van der Waals surface area contributed by atoms with Crippen LogP contribution in [0.25, 0.3) is 0 Å². The van der Waals surface area contributed by atoms with Gasteiger partial charge >= 0.3 is 0 Å². The minimum absolute atomic E-state index is 0.537. The topological polar surface area (TPSA) is 28.2 Å². The number of hydrogen-bond donors (Lipinski definition) is 1. The molecule has 1 aliphatic rings. The number of nitrogens with one attached hydrogen (secondary N) is 1. The minimum Gasteiger partial charge on any atom is -0.310 e. The van der Waals surface area contributed by atoms with Crippen molar-refractivity contribution in [3.8, 4) is 0 Å². The molecule has 2 rings (SSSR count). The predicted molar refractivity (Wildman–Crippen MR) is 92.0 cm³/mol. The van der Waals surface area contributed by atoms with Crippen LogP contribution < -0.4 is 5.32 Å².